The van der Waals surface area contributed by atoms with E-state index in [-0.39, 0.29) is 5.91 Å². The topological polar surface area (TPSA) is 46.3 Å². The summed E-state index contributed by atoms with van der Waals surface area (Å²) in [5.74, 6) is 0.0277. The molecule has 1 rings (SSSR count). The Balaban J connectivity index is 2.73. The molecular weight excluding hydrogens is 212 g/mol. The maximum atomic E-state index is 12.2. The molecule has 1 atom stereocenters. The van der Waals surface area contributed by atoms with Gasteiger partial charge in [0.1, 0.15) is 6.04 Å². The first-order valence-corrected chi connectivity index (χ1v) is 6.30. The molecule has 2 N–H and O–H groups in total. The molecule has 3 nitrogen and oxygen atoms in total. The van der Waals surface area contributed by atoms with Crippen LogP contribution in [0.2, 0.25) is 0 Å². The zero-order valence-electron chi connectivity index (χ0n) is 10.7. The molecule has 0 aromatic heterocycles. The third-order valence-electron chi connectivity index (χ3n) is 2.72. The number of carbonyl (C=O) groups excluding carboxylic acids is 1. The van der Waals surface area contributed by atoms with Gasteiger partial charge in [-0.15, -0.1) is 0 Å². The zero-order chi connectivity index (χ0) is 12.7. The molecule has 0 unspecified atom stereocenters. The minimum Gasteiger partial charge on any atom is -0.341 e. The lowest BCUT2D eigenvalue weighted by molar-refractivity contribution is -0.132. The van der Waals surface area contributed by atoms with E-state index in [2.05, 4.69) is 13.8 Å². The number of hydrogen-bond acceptors (Lipinski definition) is 2. The fourth-order valence-electron chi connectivity index (χ4n) is 1.87. The lowest BCUT2D eigenvalue weighted by Gasteiger charge is -2.25. The normalized spacial score (nSPS) is 12.2. The monoisotopic (exact) mass is 234 g/mol. The molecular formula is C14H22N2O. The highest BCUT2D eigenvalue weighted by molar-refractivity contribution is 5.83. The molecule has 94 valence electrons. The van der Waals surface area contributed by atoms with Crippen LogP contribution in [0.5, 0.6) is 0 Å². The third-order valence-corrected chi connectivity index (χ3v) is 2.72. The second-order valence-electron chi connectivity index (χ2n) is 4.21. The van der Waals surface area contributed by atoms with Crippen LogP contribution in [-0.4, -0.2) is 23.9 Å². The van der Waals surface area contributed by atoms with Crippen LogP contribution < -0.4 is 5.73 Å². The van der Waals surface area contributed by atoms with Gasteiger partial charge in [-0.2, -0.15) is 0 Å². The third kappa shape index (κ3) is 3.86. The van der Waals surface area contributed by atoms with Crippen molar-refractivity contribution >= 4 is 5.91 Å². The summed E-state index contributed by atoms with van der Waals surface area (Å²) in [5.41, 5.74) is 6.89. The number of hydrogen-bond donors (Lipinski definition) is 1. The number of rotatable bonds is 6. The van der Waals surface area contributed by atoms with Crippen molar-refractivity contribution in [3.8, 4) is 0 Å². The summed E-state index contributed by atoms with van der Waals surface area (Å²) >= 11 is 0. The Morgan fingerprint density at radius 1 is 1.18 bits per heavy atom. The Labute approximate surface area is 104 Å². The average Bonchev–Trinajstić information content (AvgIpc) is 2.38. The molecule has 0 aliphatic rings. The Kier molecular flexibility index (Phi) is 5.70. The highest BCUT2D eigenvalue weighted by atomic mass is 16.2. The SMILES string of the molecule is CCCN(CCC)C(=O)[C@@H](N)c1ccccc1. The van der Waals surface area contributed by atoms with E-state index in [4.69, 9.17) is 5.73 Å². The van der Waals surface area contributed by atoms with Gasteiger partial charge in [0, 0.05) is 13.1 Å². The Bertz CT molecular complexity index is 331. The highest BCUT2D eigenvalue weighted by Crippen LogP contribution is 2.13. The maximum Gasteiger partial charge on any atom is 0.244 e. The predicted octanol–water partition coefficient (Wildman–Crippen LogP) is 2.34. The summed E-state index contributed by atoms with van der Waals surface area (Å²) in [4.78, 5) is 14.1. The summed E-state index contributed by atoms with van der Waals surface area (Å²) in [6.45, 7) is 5.72. The summed E-state index contributed by atoms with van der Waals surface area (Å²) in [6, 6.07) is 9.02. The number of nitrogens with zero attached hydrogens (tertiary/aromatic N) is 1. The largest absolute Gasteiger partial charge is 0.341 e. The van der Waals surface area contributed by atoms with Gasteiger partial charge in [0.05, 0.1) is 0 Å². The number of nitrogens with two attached hydrogens (primary N) is 1. The minimum absolute atomic E-state index is 0.0277. The maximum absolute atomic E-state index is 12.2. The van der Waals surface area contributed by atoms with Gasteiger partial charge in [-0.1, -0.05) is 44.2 Å². The minimum atomic E-state index is -0.533. The molecule has 0 bridgehead atoms. The van der Waals surface area contributed by atoms with Gasteiger partial charge in [0.25, 0.3) is 0 Å². The van der Waals surface area contributed by atoms with Crippen LogP contribution in [0, 0.1) is 0 Å². The van der Waals surface area contributed by atoms with Gasteiger partial charge in [-0.05, 0) is 18.4 Å². The van der Waals surface area contributed by atoms with E-state index >= 15 is 0 Å². The van der Waals surface area contributed by atoms with Crippen molar-refractivity contribution < 1.29 is 4.79 Å². The Morgan fingerprint density at radius 3 is 2.18 bits per heavy atom. The van der Waals surface area contributed by atoms with Crippen LogP contribution in [0.3, 0.4) is 0 Å². The molecule has 0 saturated heterocycles. The van der Waals surface area contributed by atoms with E-state index in [1.165, 1.54) is 0 Å². The molecule has 0 saturated carbocycles. The number of benzene rings is 1. The van der Waals surface area contributed by atoms with Crippen molar-refractivity contribution in [2.75, 3.05) is 13.1 Å². The van der Waals surface area contributed by atoms with Crippen molar-refractivity contribution in [2.45, 2.75) is 32.7 Å². The van der Waals surface area contributed by atoms with E-state index in [0.29, 0.717) is 0 Å². The molecule has 0 spiro atoms. The first-order chi connectivity index (χ1) is 8.20. The van der Waals surface area contributed by atoms with E-state index in [1.54, 1.807) is 0 Å². The van der Waals surface area contributed by atoms with Gasteiger partial charge >= 0.3 is 0 Å². The lowest BCUT2D eigenvalue weighted by Crippen LogP contribution is -2.39. The standard InChI is InChI=1S/C14H22N2O/c1-3-10-16(11-4-2)14(17)13(15)12-8-6-5-7-9-12/h5-9,13H,3-4,10-11,15H2,1-2H3/t13-/m0/s1. The average molecular weight is 234 g/mol. The van der Waals surface area contributed by atoms with Crippen LogP contribution in [-0.2, 0) is 4.79 Å². The zero-order valence-corrected chi connectivity index (χ0v) is 10.7. The summed E-state index contributed by atoms with van der Waals surface area (Å²) < 4.78 is 0. The quantitative estimate of drug-likeness (QED) is 0.821. The van der Waals surface area contributed by atoms with Crippen LogP contribution in [0.15, 0.2) is 30.3 Å². The fraction of sp³-hybridized carbons (Fsp3) is 0.500. The molecule has 1 amide bonds. The molecule has 1 aromatic carbocycles. The Hall–Kier alpha value is -1.35. The summed E-state index contributed by atoms with van der Waals surface area (Å²) in [5, 5.41) is 0. The predicted molar refractivity (Wildman–Crippen MR) is 70.5 cm³/mol. The van der Waals surface area contributed by atoms with Crippen molar-refractivity contribution in [3.63, 3.8) is 0 Å². The first-order valence-electron chi connectivity index (χ1n) is 6.30. The van der Waals surface area contributed by atoms with Gasteiger partial charge in [-0.25, -0.2) is 0 Å². The smallest absolute Gasteiger partial charge is 0.244 e. The van der Waals surface area contributed by atoms with Crippen molar-refractivity contribution in [3.05, 3.63) is 35.9 Å². The molecule has 0 fully saturated rings. The van der Waals surface area contributed by atoms with Gasteiger partial charge in [0.2, 0.25) is 5.91 Å². The van der Waals surface area contributed by atoms with Crippen LogP contribution in [0.25, 0.3) is 0 Å². The second kappa shape index (κ2) is 7.07. The number of carbonyl (C=O) groups is 1. The molecule has 0 heterocycles. The van der Waals surface area contributed by atoms with Crippen molar-refractivity contribution in [2.24, 2.45) is 5.73 Å². The van der Waals surface area contributed by atoms with Crippen LogP contribution in [0.4, 0.5) is 0 Å². The van der Waals surface area contributed by atoms with Crippen LogP contribution in [0.1, 0.15) is 38.3 Å². The molecule has 0 radical (unpaired) electrons. The van der Waals surface area contributed by atoms with E-state index in [0.717, 1.165) is 31.5 Å². The van der Waals surface area contributed by atoms with Crippen molar-refractivity contribution in [1.29, 1.82) is 0 Å². The summed E-state index contributed by atoms with van der Waals surface area (Å²) in [6.07, 6.45) is 1.93. The van der Waals surface area contributed by atoms with Gasteiger partial charge in [-0.3, -0.25) is 4.79 Å². The second-order valence-corrected chi connectivity index (χ2v) is 4.21. The molecule has 17 heavy (non-hydrogen) atoms. The molecule has 1 aromatic rings. The van der Waals surface area contributed by atoms with E-state index in [9.17, 15) is 4.79 Å². The number of amides is 1. The van der Waals surface area contributed by atoms with Gasteiger partial charge < -0.3 is 10.6 Å². The van der Waals surface area contributed by atoms with Crippen LogP contribution >= 0.6 is 0 Å². The highest BCUT2D eigenvalue weighted by Gasteiger charge is 2.20. The van der Waals surface area contributed by atoms with E-state index in [1.807, 2.05) is 35.2 Å². The van der Waals surface area contributed by atoms with Gasteiger partial charge in [0.15, 0.2) is 0 Å². The first kappa shape index (κ1) is 13.7. The van der Waals surface area contributed by atoms with Crippen molar-refractivity contribution in [1.82, 2.24) is 4.90 Å². The fourth-order valence-corrected chi connectivity index (χ4v) is 1.87. The molecule has 0 aliphatic carbocycles. The lowest BCUT2D eigenvalue weighted by atomic mass is 10.1. The summed E-state index contributed by atoms with van der Waals surface area (Å²) in [7, 11) is 0. The molecule has 0 aliphatic heterocycles. The molecule has 3 heteroatoms. The Morgan fingerprint density at radius 2 is 1.71 bits per heavy atom. The van der Waals surface area contributed by atoms with E-state index < -0.39 is 6.04 Å².